The Bertz CT molecular complexity index is 642. The number of rotatable bonds is 6. The van der Waals surface area contributed by atoms with E-state index in [9.17, 15) is 9.59 Å². The lowest BCUT2D eigenvalue weighted by Crippen LogP contribution is -2.43. The smallest absolute Gasteiger partial charge is 0.309 e. The summed E-state index contributed by atoms with van der Waals surface area (Å²) in [5, 5.41) is 5.21. The van der Waals surface area contributed by atoms with Crippen LogP contribution in [0, 0.1) is 0 Å². The topological polar surface area (TPSA) is 64.7 Å². The number of benzene rings is 1. The Labute approximate surface area is 149 Å². The first-order valence-electron chi connectivity index (χ1n) is 8.61. The number of anilines is 1. The summed E-state index contributed by atoms with van der Waals surface area (Å²) in [4.78, 5) is 27.9. The van der Waals surface area contributed by atoms with Gasteiger partial charge in [0.1, 0.15) is 0 Å². The molecule has 0 spiro atoms. The molecule has 1 aromatic rings. The van der Waals surface area contributed by atoms with Crippen LogP contribution >= 0.6 is 0 Å². The van der Waals surface area contributed by atoms with Gasteiger partial charge in [0.2, 0.25) is 0 Å². The van der Waals surface area contributed by atoms with E-state index >= 15 is 0 Å². The number of amides is 2. The molecule has 1 aliphatic heterocycles. The molecule has 136 valence electrons. The van der Waals surface area contributed by atoms with Crippen LogP contribution in [0.1, 0.15) is 23.6 Å². The van der Waals surface area contributed by atoms with Crippen LogP contribution in [0.25, 0.3) is 0 Å². The van der Waals surface area contributed by atoms with Gasteiger partial charge in [-0.2, -0.15) is 0 Å². The monoisotopic (exact) mass is 344 g/mol. The number of hydrogen-bond acceptors (Lipinski definition) is 4. The molecule has 0 saturated heterocycles. The molecule has 0 aliphatic carbocycles. The second-order valence-corrected chi connectivity index (χ2v) is 6.60. The second kappa shape index (κ2) is 8.67. The van der Waals surface area contributed by atoms with Crippen LogP contribution in [0.5, 0.6) is 0 Å². The number of nitrogens with zero attached hydrogens (tertiary/aromatic N) is 2. The number of nitrogens with one attached hydrogen (secondary N) is 2. The molecule has 1 aromatic carbocycles. The maximum Gasteiger partial charge on any atom is 0.309 e. The molecular weight excluding hydrogens is 316 g/mol. The van der Waals surface area contributed by atoms with Gasteiger partial charge in [0.05, 0.1) is 6.04 Å². The molecule has 6 nitrogen and oxygen atoms in total. The van der Waals surface area contributed by atoms with E-state index in [1.807, 2.05) is 14.1 Å². The number of carbonyl (C=O) groups excluding carboxylic acids is 2. The Hall–Kier alpha value is -2.34. The van der Waals surface area contributed by atoms with Crippen LogP contribution in [0.15, 0.2) is 30.9 Å². The first kappa shape index (κ1) is 19.0. The fourth-order valence-electron chi connectivity index (χ4n) is 3.13. The largest absolute Gasteiger partial charge is 0.374 e. The van der Waals surface area contributed by atoms with Gasteiger partial charge in [-0.15, -0.1) is 6.58 Å². The quantitative estimate of drug-likeness (QED) is 0.599. The minimum Gasteiger partial charge on any atom is -0.374 e. The van der Waals surface area contributed by atoms with Crippen LogP contribution in [0.4, 0.5) is 5.69 Å². The van der Waals surface area contributed by atoms with Crippen LogP contribution in [-0.4, -0.2) is 57.5 Å². The van der Waals surface area contributed by atoms with Gasteiger partial charge in [0.25, 0.3) is 0 Å². The van der Waals surface area contributed by atoms with E-state index in [2.05, 4.69) is 52.3 Å². The van der Waals surface area contributed by atoms with Crippen molar-refractivity contribution in [2.75, 3.05) is 45.7 Å². The first-order valence-corrected chi connectivity index (χ1v) is 8.61. The molecule has 2 N–H and O–H groups in total. The van der Waals surface area contributed by atoms with Crippen molar-refractivity contribution in [2.24, 2.45) is 0 Å². The van der Waals surface area contributed by atoms with Crippen molar-refractivity contribution in [2.45, 2.75) is 18.9 Å². The highest BCUT2D eigenvalue weighted by molar-refractivity contribution is 6.35. The van der Waals surface area contributed by atoms with Crippen molar-refractivity contribution in [3.8, 4) is 0 Å². The third-order valence-corrected chi connectivity index (χ3v) is 4.53. The van der Waals surface area contributed by atoms with Gasteiger partial charge in [-0.05, 0) is 44.1 Å². The lowest BCUT2D eigenvalue weighted by atomic mass is 9.96. The average Bonchev–Trinajstić information content (AvgIpc) is 2.59. The van der Waals surface area contributed by atoms with E-state index in [1.54, 1.807) is 0 Å². The lowest BCUT2D eigenvalue weighted by Gasteiger charge is -2.30. The summed E-state index contributed by atoms with van der Waals surface area (Å²) in [6.07, 6.45) is 3.77. The predicted molar refractivity (Wildman–Crippen MR) is 101 cm³/mol. The van der Waals surface area contributed by atoms with Gasteiger partial charge in [0, 0.05) is 32.4 Å². The van der Waals surface area contributed by atoms with E-state index in [-0.39, 0.29) is 12.6 Å². The molecule has 0 unspecified atom stereocenters. The number of hydrogen-bond donors (Lipinski definition) is 2. The molecule has 6 heteroatoms. The SMILES string of the molecule is C=CCNC(=O)C(=O)NC[C@@H](c1ccc2c(c1)CCCN2C)N(C)C. The standard InChI is InChI=1S/C19H28N4O2/c1-5-10-20-18(24)19(25)21-13-17(22(2)3)15-8-9-16-14(12-15)7-6-11-23(16)4/h5,8-9,12,17H,1,6-7,10-11,13H2,2-4H3,(H,20,24)(H,21,25)/t17-/m0/s1. The minimum atomic E-state index is -0.635. The molecule has 25 heavy (non-hydrogen) atoms. The van der Waals surface area contributed by atoms with E-state index in [0.29, 0.717) is 6.54 Å². The molecule has 1 atom stereocenters. The van der Waals surface area contributed by atoms with Gasteiger partial charge in [-0.1, -0.05) is 18.2 Å². The molecular formula is C19H28N4O2. The minimum absolute atomic E-state index is 0.00804. The highest BCUT2D eigenvalue weighted by atomic mass is 16.2. The summed E-state index contributed by atoms with van der Waals surface area (Å²) >= 11 is 0. The van der Waals surface area contributed by atoms with E-state index in [0.717, 1.165) is 24.9 Å². The van der Waals surface area contributed by atoms with Gasteiger partial charge < -0.3 is 20.4 Å². The number of likely N-dealkylation sites (N-methyl/N-ethyl adjacent to an activating group) is 1. The molecule has 0 bridgehead atoms. The Balaban J connectivity index is 2.07. The first-order chi connectivity index (χ1) is 11.9. The van der Waals surface area contributed by atoms with Crippen LogP contribution in [0.3, 0.4) is 0 Å². The molecule has 2 rings (SSSR count). The molecule has 0 fully saturated rings. The summed E-state index contributed by atoms with van der Waals surface area (Å²) in [7, 11) is 6.06. The zero-order valence-corrected chi connectivity index (χ0v) is 15.3. The van der Waals surface area contributed by atoms with Crippen LogP contribution in [0.2, 0.25) is 0 Å². The molecule has 0 radical (unpaired) electrons. The molecule has 0 saturated carbocycles. The van der Waals surface area contributed by atoms with Crippen molar-refractivity contribution in [1.29, 1.82) is 0 Å². The molecule has 1 aliphatic rings. The maximum absolute atomic E-state index is 11.9. The van der Waals surface area contributed by atoms with Crippen LogP contribution < -0.4 is 15.5 Å². The summed E-state index contributed by atoms with van der Waals surface area (Å²) in [5.41, 5.74) is 3.76. The van der Waals surface area contributed by atoms with Gasteiger partial charge >= 0.3 is 11.8 Å². The average molecular weight is 344 g/mol. The van der Waals surface area contributed by atoms with E-state index in [4.69, 9.17) is 0 Å². The van der Waals surface area contributed by atoms with Crippen molar-refractivity contribution >= 4 is 17.5 Å². The van der Waals surface area contributed by atoms with Gasteiger partial charge in [-0.25, -0.2) is 0 Å². The summed E-state index contributed by atoms with van der Waals surface area (Å²) in [6.45, 7) is 5.25. The van der Waals surface area contributed by atoms with Crippen molar-refractivity contribution in [3.05, 3.63) is 42.0 Å². The Morgan fingerprint density at radius 3 is 2.72 bits per heavy atom. The Morgan fingerprint density at radius 1 is 1.32 bits per heavy atom. The summed E-state index contributed by atoms with van der Waals surface area (Å²) in [6, 6.07) is 6.49. The van der Waals surface area contributed by atoms with Gasteiger partial charge in [0.15, 0.2) is 0 Å². The maximum atomic E-state index is 11.9. The number of carbonyl (C=O) groups is 2. The third-order valence-electron chi connectivity index (χ3n) is 4.53. The lowest BCUT2D eigenvalue weighted by molar-refractivity contribution is -0.139. The van der Waals surface area contributed by atoms with E-state index < -0.39 is 11.8 Å². The summed E-state index contributed by atoms with van der Waals surface area (Å²) < 4.78 is 0. The van der Waals surface area contributed by atoms with E-state index in [1.165, 1.54) is 17.3 Å². The van der Waals surface area contributed by atoms with Crippen molar-refractivity contribution < 1.29 is 9.59 Å². The van der Waals surface area contributed by atoms with Crippen molar-refractivity contribution in [3.63, 3.8) is 0 Å². The Morgan fingerprint density at radius 2 is 2.04 bits per heavy atom. The highest BCUT2D eigenvalue weighted by Crippen LogP contribution is 2.29. The molecule has 2 amide bonds. The second-order valence-electron chi connectivity index (χ2n) is 6.60. The fourth-order valence-corrected chi connectivity index (χ4v) is 3.13. The molecule has 0 aromatic heterocycles. The molecule has 1 heterocycles. The predicted octanol–water partition coefficient (Wildman–Crippen LogP) is 1.09. The number of fused-ring (bicyclic) bond motifs is 1. The van der Waals surface area contributed by atoms with Gasteiger partial charge in [-0.3, -0.25) is 9.59 Å². The zero-order chi connectivity index (χ0) is 18.4. The highest BCUT2D eigenvalue weighted by Gasteiger charge is 2.21. The van der Waals surface area contributed by atoms with Crippen LogP contribution in [-0.2, 0) is 16.0 Å². The third kappa shape index (κ3) is 4.82. The van der Waals surface area contributed by atoms with Crippen molar-refractivity contribution in [1.82, 2.24) is 15.5 Å². The Kier molecular flexibility index (Phi) is 6.58. The zero-order valence-electron chi connectivity index (χ0n) is 15.3. The fraction of sp³-hybridized carbons (Fsp3) is 0.474. The number of aryl methyl sites for hydroxylation is 1. The normalized spacial score (nSPS) is 14.6. The summed E-state index contributed by atoms with van der Waals surface area (Å²) in [5.74, 6) is -1.25.